The van der Waals surface area contributed by atoms with Gasteiger partial charge in [0.25, 0.3) is 17.5 Å². The summed E-state index contributed by atoms with van der Waals surface area (Å²) in [6.45, 7) is 3.61. The molecule has 1 aromatic carbocycles. The zero-order chi connectivity index (χ0) is 16.6. The Labute approximate surface area is 130 Å². The number of carboxylic acid groups (broad SMARTS) is 1. The van der Waals surface area contributed by atoms with E-state index in [9.17, 15) is 9.59 Å². The Hall–Kier alpha value is -3.29. The molecular formula is C15H13N5O3. The van der Waals surface area contributed by atoms with Crippen molar-refractivity contribution >= 4 is 23.3 Å². The molecule has 0 unspecified atom stereocenters. The van der Waals surface area contributed by atoms with Crippen LogP contribution in [0.3, 0.4) is 0 Å². The number of amides is 1. The van der Waals surface area contributed by atoms with Crippen molar-refractivity contribution in [2.45, 2.75) is 13.8 Å². The number of aromatic nitrogens is 4. The first kappa shape index (κ1) is 14.6. The minimum atomic E-state index is -1.25. The van der Waals surface area contributed by atoms with E-state index in [0.29, 0.717) is 16.9 Å². The molecule has 8 nitrogen and oxygen atoms in total. The van der Waals surface area contributed by atoms with E-state index in [4.69, 9.17) is 5.11 Å². The molecule has 0 saturated carbocycles. The normalized spacial score (nSPS) is 10.7. The number of benzene rings is 1. The standard InChI is InChI=1S/C15H13N5O3/c1-8-3-5-10(6-4-8)17-13(21)11-7-16-15-18-12(14(22)23)19-20(15)9(11)2/h3-7H,1-2H3,(H,17,21)(H,22,23). The lowest BCUT2D eigenvalue weighted by Gasteiger charge is -2.08. The lowest BCUT2D eigenvalue weighted by molar-refractivity contribution is 0.0683. The second-order valence-electron chi connectivity index (χ2n) is 5.03. The summed E-state index contributed by atoms with van der Waals surface area (Å²) in [5.41, 5.74) is 2.50. The number of hydrogen-bond donors (Lipinski definition) is 2. The van der Waals surface area contributed by atoms with Crippen molar-refractivity contribution in [3.8, 4) is 0 Å². The van der Waals surface area contributed by atoms with Crippen molar-refractivity contribution in [3.63, 3.8) is 0 Å². The van der Waals surface area contributed by atoms with Gasteiger partial charge in [-0.15, -0.1) is 5.10 Å². The maximum atomic E-state index is 12.4. The quantitative estimate of drug-likeness (QED) is 0.761. The van der Waals surface area contributed by atoms with Crippen LogP contribution in [0.1, 0.15) is 32.2 Å². The number of hydrogen-bond acceptors (Lipinski definition) is 5. The summed E-state index contributed by atoms with van der Waals surface area (Å²) in [6.07, 6.45) is 1.36. The van der Waals surface area contributed by atoms with Crippen LogP contribution in [0.2, 0.25) is 0 Å². The maximum Gasteiger partial charge on any atom is 0.375 e. The molecular weight excluding hydrogens is 298 g/mol. The molecule has 2 N–H and O–H groups in total. The van der Waals surface area contributed by atoms with Crippen molar-refractivity contribution in [2.75, 3.05) is 5.32 Å². The van der Waals surface area contributed by atoms with Gasteiger partial charge in [-0.2, -0.15) is 9.50 Å². The number of aryl methyl sites for hydroxylation is 2. The number of nitrogens with one attached hydrogen (secondary N) is 1. The zero-order valence-electron chi connectivity index (χ0n) is 12.4. The molecule has 0 aliphatic carbocycles. The van der Waals surface area contributed by atoms with E-state index < -0.39 is 5.97 Å². The fraction of sp³-hybridized carbons (Fsp3) is 0.133. The Morgan fingerprint density at radius 3 is 2.52 bits per heavy atom. The van der Waals surface area contributed by atoms with Gasteiger partial charge < -0.3 is 10.4 Å². The highest BCUT2D eigenvalue weighted by atomic mass is 16.4. The van der Waals surface area contributed by atoms with Gasteiger partial charge in [0.1, 0.15) is 0 Å². The first-order chi connectivity index (χ1) is 11.0. The highest BCUT2D eigenvalue weighted by molar-refractivity contribution is 6.04. The van der Waals surface area contributed by atoms with Crippen molar-refractivity contribution in [2.24, 2.45) is 0 Å². The molecule has 3 aromatic rings. The predicted molar refractivity (Wildman–Crippen MR) is 81.6 cm³/mol. The van der Waals surface area contributed by atoms with E-state index >= 15 is 0 Å². The molecule has 8 heteroatoms. The summed E-state index contributed by atoms with van der Waals surface area (Å²) in [4.78, 5) is 31.1. The average Bonchev–Trinajstić information content (AvgIpc) is 2.95. The number of nitrogens with zero attached hydrogens (tertiary/aromatic N) is 4. The van der Waals surface area contributed by atoms with Gasteiger partial charge in [0, 0.05) is 11.9 Å². The van der Waals surface area contributed by atoms with Gasteiger partial charge in [-0.3, -0.25) is 4.79 Å². The molecule has 2 heterocycles. The van der Waals surface area contributed by atoms with Gasteiger partial charge in [0.15, 0.2) is 0 Å². The zero-order valence-corrected chi connectivity index (χ0v) is 12.4. The first-order valence-electron chi connectivity index (χ1n) is 6.79. The van der Waals surface area contributed by atoms with Gasteiger partial charge in [0.2, 0.25) is 0 Å². The van der Waals surface area contributed by atoms with Crippen LogP contribution >= 0.6 is 0 Å². The van der Waals surface area contributed by atoms with Crippen LogP contribution in [0.15, 0.2) is 30.5 Å². The fourth-order valence-corrected chi connectivity index (χ4v) is 2.09. The molecule has 0 spiro atoms. The van der Waals surface area contributed by atoms with E-state index in [1.807, 2.05) is 19.1 Å². The molecule has 2 aromatic heterocycles. The van der Waals surface area contributed by atoms with E-state index in [1.54, 1.807) is 19.1 Å². The molecule has 0 aliphatic rings. The van der Waals surface area contributed by atoms with Crippen LogP contribution in [0.4, 0.5) is 5.69 Å². The second kappa shape index (κ2) is 5.48. The van der Waals surface area contributed by atoms with E-state index in [2.05, 4.69) is 20.4 Å². The monoisotopic (exact) mass is 311 g/mol. The molecule has 23 heavy (non-hydrogen) atoms. The van der Waals surface area contributed by atoms with Gasteiger partial charge in [-0.1, -0.05) is 17.7 Å². The van der Waals surface area contributed by atoms with Crippen LogP contribution in [0.25, 0.3) is 5.78 Å². The lowest BCUT2D eigenvalue weighted by atomic mass is 10.2. The first-order valence-corrected chi connectivity index (χ1v) is 6.79. The number of aromatic carboxylic acids is 1. The Bertz CT molecular complexity index is 915. The van der Waals surface area contributed by atoms with Crippen LogP contribution < -0.4 is 5.32 Å². The minimum absolute atomic E-state index is 0.131. The highest BCUT2D eigenvalue weighted by Gasteiger charge is 2.17. The molecule has 0 saturated heterocycles. The summed E-state index contributed by atoms with van der Waals surface area (Å²) in [7, 11) is 0. The number of fused-ring (bicyclic) bond motifs is 1. The molecule has 1 amide bonds. The SMILES string of the molecule is Cc1ccc(NC(=O)c2cnc3nc(C(=O)O)nn3c2C)cc1. The molecule has 0 radical (unpaired) electrons. The van der Waals surface area contributed by atoms with Gasteiger partial charge in [0.05, 0.1) is 11.3 Å². The second-order valence-corrected chi connectivity index (χ2v) is 5.03. The number of carbonyl (C=O) groups excluding carboxylic acids is 1. The molecule has 0 fully saturated rings. The molecule has 0 aliphatic heterocycles. The fourth-order valence-electron chi connectivity index (χ4n) is 2.09. The molecule has 0 bridgehead atoms. The summed E-state index contributed by atoms with van der Waals surface area (Å²) in [6, 6.07) is 7.37. The topological polar surface area (TPSA) is 109 Å². The molecule has 116 valence electrons. The summed E-state index contributed by atoms with van der Waals surface area (Å²) < 4.78 is 1.24. The molecule has 3 rings (SSSR count). The van der Waals surface area contributed by atoms with E-state index in [-0.39, 0.29) is 17.5 Å². The minimum Gasteiger partial charge on any atom is -0.475 e. The third kappa shape index (κ3) is 2.73. The third-order valence-electron chi connectivity index (χ3n) is 3.35. The number of anilines is 1. The maximum absolute atomic E-state index is 12.4. The Balaban J connectivity index is 1.95. The van der Waals surface area contributed by atoms with Gasteiger partial charge >= 0.3 is 5.97 Å². The average molecular weight is 311 g/mol. The van der Waals surface area contributed by atoms with Crippen LogP contribution in [0, 0.1) is 13.8 Å². The summed E-state index contributed by atoms with van der Waals surface area (Å²) >= 11 is 0. The van der Waals surface area contributed by atoms with Crippen LogP contribution in [0.5, 0.6) is 0 Å². The van der Waals surface area contributed by atoms with Crippen molar-refractivity contribution in [1.29, 1.82) is 0 Å². The van der Waals surface area contributed by atoms with Crippen molar-refractivity contribution in [3.05, 3.63) is 53.1 Å². The highest BCUT2D eigenvalue weighted by Crippen LogP contribution is 2.13. The van der Waals surface area contributed by atoms with Crippen molar-refractivity contribution in [1.82, 2.24) is 19.6 Å². The predicted octanol–water partition coefficient (Wildman–Crippen LogP) is 1.69. The Morgan fingerprint density at radius 1 is 1.17 bits per heavy atom. The van der Waals surface area contributed by atoms with Gasteiger partial charge in [-0.25, -0.2) is 9.78 Å². The van der Waals surface area contributed by atoms with E-state index in [0.717, 1.165) is 5.56 Å². The smallest absolute Gasteiger partial charge is 0.375 e. The third-order valence-corrected chi connectivity index (χ3v) is 3.35. The van der Waals surface area contributed by atoms with Gasteiger partial charge in [-0.05, 0) is 26.0 Å². The lowest BCUT2D eigenvalue weighted by Crippen LogP contribution is -2.16. The van der Waals surface area contributed by atoms with Crippen LogP contribution in [-0.4, -0.2) is 36.6 Å². The Kier molecular flexibility index (Phi) is 3.49. The van der Waals surface area contributed by atoms with E-state index in [1.165, 1.54) is 10.7 Å². The summed E-state index contributed by atoms with van der Waals surface area (Å²) in [5.74, 6) is -1.84. The van der Waals surface area contributed by atoms with Crippen LogP contribution in [-0.2, 0) is 0 Å². The number of carbonyl (C=O) groups is 2. The number of carboxylic acids is 1. The summed E-state index contributed by atoms with van der Waals surface area (Å²) in [5, 5.41) is 15.5. The largest absolute Gasteiger partial charge is 0.475 e. The Morgan fingerprint density at radius 2 is 1.87 bits per heavy atom. The number of rotatable bonds is 3. The molecule has 0 atom stereocenters. The van der Waals surface area contributed by atoms with Crippen molar-refractivity contribution < 1.29 is 14.7 Å².